The molecule has 108 valence electrons. The Labute approximate surface area is 116 Å². The normalized spacial score (nSPS) is 18.7. The maximum absolute atomic E-state index is 9.70. The minimum Gasteiger partial charge on any atom is -0.396 e. The minimum atomic E-state index is 0.113. The van der Waals surface area contributed by atoms with E-state index in [-0.39, 0.29) is 5.41 Å². The van der Waals surface area contributed by atoms with Crippen molar-refractivity contribution in [2.24, 2.45) is 12.5 Å². The van der Waals surface area contributed by atoms with Crippen molar-refractivity contribution < 1.29 is 5.11 Å². The van der Waals surface area contributed by atoms with Crippen molar-refractivity contribution in [1.29, 1.82) is 0 Å². The minimum absolute atomic E-state index is 0.113. The second kappa shape index (κ2) is 6.06. The highest BCUT2D eigenvalue weighted by Crippen LogP contribution is 2.35. The smallest absolute Gasteiger partial charge is 0.0641 e. The van der Waals surface area contributed by atoms with Crippen LogP contribution in [0.5, 0.6) is 0 Å². The van der Waals surface area contributed by atoms with E-state index in [2.05, 4.69) is 24.3 Å². The summed E-state index contributed by atoms with van der Waals surface area (Å²) in [5.74, 6) is 0. The fourth-order valence-corrected chi connectivity index (χ4v) is 3.22. The first-order chi connectivity index (χ1) is 9.08. The molecule has 4 heteroatoms. The summed E-state index contributed by atoms with van der Waals surface area (Å²) >= 11 is 0. The van der Waals surface area contributed by atoms with E-state index in [1.165, 1.54) is 30.5 Å². The van der Waals surface area contributed by atoms with Crippen LogP contribution >= 0.6 is 0 Å². The molecule has 0 atom stereocenters. The van der Waals surface area contributed by atoms with E-state index in [0.29, 0.717) is 6.61 Å². The number of rotatable bonds is 5. The van der Waals surface area contributed by atoms with Crippen LogP contribution in [0.25, 0.3) is 0 Å². The van der Waals surface area contributed by atoms with Gasteiger partial charge in [-0.05, 0) is 26.7 Å². The van der Waals surface area contributed by atoms with Gasteiger partial charge in [0.25, 0.3) is 0 Å². The molecule has 0 saturated heterocycles. The van der Waals surface area contributed by atoms with E-state index >= 15 is 0 Å². The third-order valence-corrected chi connectivity index (χ3v) is 4.71. The summed E-state index contributed by atoms with van der Waals surface area (Å²) in [6.07, 6.45) is 6.14. The van der Waals surface area contributed by atoms with Gasteiger partial charge in [-0.1, -0.05) is 19.3 Å². The van der Waals surface area contributed by atoms with Gasteiger partial charge in [0.2, 0.25) is 0 Å². The molecule has 1 aromatic rings. The average Bonchev–Trinajstić information content (AvgIpc) is 2.66. The summed E-state index contributed by atoms with van der Waals surface area (Å²) in [5, 5.41) is 17.7. The van der Waals surface area contributed by atoms with Crippen LogP contribution in [0.3, 0.4) is 0 Å². The molecule has 1 aromatic heterocycles. The molecule has 1 aliphatic carbocycles. The Balaban J connectivity index is 1.92. The second-order valence-electron chi connectivity index (χ2n) is 6.10. The summed E-state index contributed by atoms with van der Waals surface area (Å²) in [6, 6.07) is 0. The van der Waals surface area contributed by atoms with E-state index in [1.54, 1.807) is 0 Å². The Bertz CT molecular complexity index is 419. The number of hydrogen-bond acceptors (Lipinski definition) is 3. The molecule has 0 unspecified atom stereocenters. The SMILES string of the molecule is Cc1nn(C)c(C)c1CNCC1(CO)CCCCC1. The molecule has 0 spiro atoms. The van der Waals surface area contributed by atoms with Gasteiger partial charge in [0.1, 0.15) is 0 Å². The lowest BCUT2D eigenvalue weighted by Crippen LogP contribution is -2.39. The topological polar surface area (TPSA) is 50.1 Å². The monoisotopic (exact) mass is 265 g/mol. The molecule has 1 fully saturated rings. The Morgan fingerprint density at radius 1 is 1.26 bits per heavy atom. The highest BCUT2D eigenvalue weighted by atomic mass is 16.3. The quantitative estimate of drug-likeness (QED) is 0.857. The Morgan fingerprint density at radius 2 is 1.95 bits per heavy atom. The molecule has 2 N–H and O–H groups in total. The molecule has 0 radical (unpaired) electrons. The van der Waals surface area contributed by atoms with Crippen molar-refractivity contribution in [2.75, 3.05) is 13.2 Å². The van der Waals surface area contributed by atoms with Crippen molar-refractivity contribution in [3.8, 4) is 0 Å². The van der Waals surface area contributed by atoms with Crippen LogP contribution in [0.2, 0.25) is 0 Å². The average molecular weight is 265 g/mol. The third-order valence-electron chi connectivity index (χ3n) is 4.71. The second-order valence-corrected chi connectivity index (χ2v) is 6.10. The van der Waals surface area contributed by atoms with Gasteiger partial charge in [-0.3, -0.25) is 4.68 Å². The molecule has 0 bridgehead atoms. The molecule has 1 heterocycles. The standard InChI is InChI=1S/C15H27N3O/c1-12-14(13(2)18(3)17-12)9-16-10-15(11-19)7-5-4-6-8-15/h16,19H,4-11H2,1-3H3. The molecule has 0 aliphatic heterocycles. The number of nitrogens with zero attached hydrogens (tertiary/aromatic N) is 2. The summed E-state index contributed by atoms with van der Waals surface area (Å²) in [5.41, 5.74) is 3.75. The lowest BCUT2D eigenvalue weighted by Gasteiger charge is -2.35. The number of hydrogen-bond donors (Lipinski definition) is 2. The van der Waals surface area contributed by atoms with E-state index in [1.807, 2.05) is 11.7 Å². The summed E-state index contributed by atoms with van der Waals surface area (Å²) in [6.45, 7) is 6.25. The van der Waals surface area contributed by atoms with Gasteiger partial charge in [-0.15, -0.1) is 0 Å². The van der Waals surface area contributed by atoms with Crippen LogP contribution in [0.15, 0.2) is 0 Å². The van der Waals surface area contributed by atoms with Gasteiger partial charge in [-0.25, -0.2) is 0 Å². The summed E-state index contributed by atoms with van der Waals surface area (Å²) < 4.78 is 1.94. The first kappa shape index (κ1) is 14.5. The zero-order valence-electron chi connectivity index (χ0n) is 12.5. The first-order valence-electron chi connectivity index (χ1n) is 7.39. The molecular formula is C15H27N3O. The van der Waals surface area contributed by atoms with Crippen LogP contribution in [-0.2, 0) is 13.6 Å². The number of aryl methyl sites for hydroxylation is 2. The Hall–Kier alpha value is -0.870. The van der Waals surface area contributed by atoms with Gasteiger partial charge in [-0.2, -0.15) is 5.10 Å². The van der Waals surface area contributed by atoms with Gasteiger partial charge >= 0.3 is 0 Å². The molecular weight excluding hydrogens is 238 g/mol. The van der Waals surface area contributed by atoms with Crippen molar-refractivity contribution in [2.45, 2.75) is 52.5 Å². The molecule has 4 nitrogen and oxygen atoms in total. The summed E-state index contributed by atoms with van der Waals surface area (Å²) in [7, 11) is 1.99. The first-order valence-corrected chi connectivity index (χ1v) is 7.39. The lowest BCUT2D eigenvalue weighted by atomic mass is 9.74. The number of aliphatic hydroxyl groups excluding tert-OH is 1. The zero-order chi connectivity index (χ0) is 13.9. The molecule has 1 saturated carbocycles. The van der Waals surface area contributed by atoms with Crippen molar-refractivity contribution >= 4 is 0 Å². The van der Waals surface area contributed by atoms with Crippen LogP contribution in [0.4, 0.5) is 0 Å². The number of nitrogens with one attached hydrogen (secondary N) is 1. The van der Waals surface area contributed by atoms with Crippen molar-refractivity contribution in [3.63, 3.8) is 0 Å². The van der Waals surface area contributed by atoms with Crippen LogP contribution in [0.1, 0.15) is 49.1 Å². The number of aromatic nitrogens is 2. The predicted molar refractivity (Wildman–Crippen MR) is 77.0 cm³/mol. The number of aliphatic hydroxyl groups is 1. The van der Waals surface area contributed by atoms with Crippen LogP contribution in [-0.4, -0.2) is 28.0 Å². The van der Waals surface area contributed by atoms with E-state index in [9.17, 15) is 5.11 Å². The Morgan fingerprint density at radius 3 is 2.47 bits per heavy atom. The van der Waals surface area contributed by atoms with E-state index in [4.69, 9.17) is 0 Å². The largest absolute Gasteiger partial charge is 0.396 e. The molecule has 1 aliphatic rings. The van der Waals surface area contributed by atoms with Crippen LogP contribution in [0, 0.1) is 19.3 Å². The van der Waals surface area contributed by atoms with Crippen molar-refractivity contribution in [3.05, 3.63) is 17.0 Å². The molecule has 19 heavy (non-hydrogen) atoms. The molecule has 0 aromatic carbocycles. The van der Waals surface area contributed by atoms with Crippen LogP contribution < -0.4 is 5.32 Å². The third kappa shape index (κ3) is 3.18. The van der Waals surface area contributed by atoms with Gasteiger partial charge in [0.05, 0.1) is 5.69 Å². The zero-order valence-corrected chi connectivity index (χ0v) is 12.5. The predicted octanol–water partition coefficient (Wildman–Crippen LogP) is 2.07. The lowest BCUT2D eigenvalue weighted by molar-refractivity contribution is 0.0810. The Kier molecular flexibility index (Phi) is 4.63. The van der Waals surface area contributed by atoms with Gasteiger partial charge < -0.3 is 10.4 Å². The van der Waals surface area contributed by atoms with Gasteiger partial charge in [0, 0.05) is 43.4 Å². The van der Waals surface area contributed by atoms with E-state index < -0.39 is 0 Å². The molecule has 0 amide bonds. The highest BCUT2D eigenvalue weighted by Gasteiger charge is 2.30. The maximum Gasteiger partial charge on any atom is 0.0641 e. The fourth-order valence-electron chi connectivity index (χ4n) is 3.22. The van der Waals surface area contributed by atoms with Crippen molar-refractivity contribution in [1.82, 2.24) is 15.1 Å². The van der Waals surface area contributed by atoms with Gasteiger partial charge in [0.15, 0.2) is 0 Å². The van der Waals surface area contributed by atoms with E-state index in [0.717, 1.165) is 31.6 Å². The molecule has 2 rings (SSSR count). The summed E-state index contributed by atoms with van der Waals surface area (Å²) in [4.78, 5) is 0. The fraction of sp³-hybridized carbons (Fsp3) is 0.800. The highest BCUT2D eigenvalue weighted by molar-refractivity contribution is 5.24. The maximum atomic E-state index is 9.70.